The van der Waals surface area contributed by atoms with Crippen LogP contribution in [0.5, 0.6) is 0 Å². The van der Waals surface area contributed by atoms with E-state index in [-0.39, 0.29) is 0 Å². The van der Waals surface area contributed by atoms with Gasteiger partial charge in [-0.25, -0.2) is 14.6 Å². The minimum Gasteiger partial charge on any atom is -0.372 e. The molecule has 0 bridgehead atoms. The molecule has 0 atom stereocenters. The summed E-state index contributed by atoms with van der Waals surface area (Å²) in [5, 5.41) is 8.60. The van der Waals surface area contributed by atoms with E-state index in [4.69, 9.17) is 0 Å². The van der Waals surface area contributed by atoms with E-state index in [0.29, 0.717) is 6.04 Å². The average molecular weight is 231 g/mol. The maximum atomic E-state index is 4.50. The second-order valence-electron chi connectivity index (χ2n) is 4.59. The topological polar surface area (TPSA) is 55.6 Å². The van der Waals surface area contributed by atoms with Crippen LogP contribution < -0.4 is 5.32 Å². The van der Waals surface area contributed by atoms with Crippen molar-refractivity contribution in [1.29, 1.82) is 0 Å². The van der Waals surface area contributed by atoms with Gasteiger partial charge in [0.1, 0.15) is 12.1 Å². The Morgan fingerprint density at radius 2 is 2.06 bits per heavy atom. The van der Waals surface area contributed by atoms with Gasteiger partial charge in [0.15, 0.2) is 5.65 Å². The van der Waals surface area contributed by atoms with Gasteiger partial charge in [-0.1, -0.05) is 19.3 Å². The highest BCUT2D eigenvalue weighted by Gasteiger charge is 2.19. The van der Waals surface area contributed by atoms with E-state index in [1.54, 1.807) is 6.33 Å². The summed E-state index contributed by atoms with van der Waals surface area (Å²) in [7, 11) is 1.87. The molecule has 1 saturated carbocycles. The molecule has 0 amide bonds. The van der Waals surface area contributed by atoms with Gasteiger partial charge in [-0.2, -0.15) is 5.10 Å². The Balaban J connectivity index is 2.05. The molecule has 1 fully saturated rings. The Morgan fingerprint density at radius 1 is 1.24 bits per heavy atom. The van der Waals surface area contributed by atoms with Crippen molar-refractivity contribution >= 4 is 16.9 Å². The van der Waals surface area contributed by atoms with Crippen molar-refractivity contribution in [3.63, 3.8) is 0 Å². The van der Waals surface area contributed by atoms with Crippen LogP contribution in [0.4, 0.5) is 5.82 Å². The molecule has 3 rings (SSSR count). The summed E-state index contributed by atoms with van der Waals surface area (Å²) in [4.78, 5) is 8.58. The predicted octanol–water partition coefficient (Wildman–Crippen LogP) is 2.37. The standard InChI is InChI=1S/C12H17N5/c1-13-11-10-7-16-17(12(10)15-8-14-11)9-5-3-2-4-6-9/h7-9H,2-6H2,1H3,(H,13,14,15). The van der Waals surface area contributed by atoms with Gasteiger partial charge in [0.05, 0.1) is 17.6 Å². The minimum atomic E-state index is 0.515. The third-order valence-corrected chi connectivity index (χ3v) is 3.55. The number of nitrogens with zero attached hydrogens (tertiary/aromatic N) is 4. The van der Waals surface area contributed by atoms with E-state index in [2.05, 4.69) is 25.1 Å². The molecule has 2 aromatic heterocycles. The third-order valence-electron chi connectivity index (χ3n) is 3.55. The van der Waals surface area contributed by atoms with Crippen LogP contribution in [-0.2, 0) is 0 Å². The molecule has 2 aromatic rings. The highest BCUT2D eigenvalue weighted by atomic mass is 15.3. The van der Waals surface area contributed by atoms with Crippen LogP contribution in [0.15, 0.2) is 12.5 Å². The molecule has 17 heavy (non-hydrogen) atoms. The van der Waals surface area contributed by atoms with Crippen LogP contribution in [0.2, 0.25) is 0 Å². The molecule has 0 unspecified atom stereocenters. The monoisotopic (exact) mass is 231 g/mol. The molecule has 0 spiro atoms. The van der Waals surface area contributed by atoms with Crippen molar-refractivity contribution in [2.45, 2.75) is 38.1 Å². The lowest BCUT2D eigenvalue weighted by Gasteiger charge is -2.22. The summed E-state index contributed by atoms with van der Waals surface area (Å²) in [5.74, 6) is 0.858. The van der Waals surface area contributed by atoms with E-state index in [1.807, 2.05) is 13.2 Å². The number of rotatable bonds is 2. The van der Waals surface area contributed by atoms with Gasteiger partial charge in [0, 0.05) is 7.05 Å². The van der Waals surface area contributed by atoms with Crippen molar-refractivity contribution in [2.24, 2.45) is 0 Å². The second-order valence-corrected chi connectivity index (χ2v) is 4.59. The largest absolute Gasteiger partial charge is 0.372 e. The molecule has 0 saturated heterocycles. The Morgan fingerprint density at radius 3 is 2.82 bits per heavy atom. The fourth-order valence-electron chi connectivity index (χ4n) is 2.65. The zero-order chi connectivity index (χ0) is 11.7. The van der Waals surface area contributed by atoms with Gasteiger partial charge >= 0.3 is 0 Å². The summed E-state index contributed by atoms with van der Waals surface area (Å²) < 4.78 is 2.08. The number of anilines is 1. The predicted molar refractivity (Wildman–Crippen MR) is 67.0 cm³/mol. The lowest BCUT2D eigenvalue weighted by molar-refractivity contribution is 0.336. The first-order valence-corrected chi connectivity index (χ1v) is 6.26. The van der Waals surface area contributed by atoms with Crippen LogP contribution in [0.3, 0.4) is 0 Å². The van der Waals surface area contributed by atoms with Crippen LogP contribution >= 0.6 is 0 Å². The average Bonchev–Trinajstić information content (AvgIpc) is 2.83. The van der Waals surface area contributed by atoms with E-state index < -0.39 is 0 Å². The minimum absolute atomic E-state index is 0.515. The molecular weight excluding hydrogens is 214 g/mol. The maximum absolute atomic E-state index is 4.50. The molecule has 5 heteroatoms. The number of aromatic nitrogens is 4. The second kappa shape index (κ2) is 4.31. The fraction of sp³-hybridized carbons (Fsp3) is 0.583. The van der Waals surface area contributed by atoms with E-state index in [9.17, 15) is 0 Å². The Hall–Kier alpha value is -1.65. The van der Waals surface area contributed by atoms with Gasteiger partial charge in [0.25, 0.3) is 0 Å². The zero-order valence-electron chi connectivity index (χ0n) is 10.1. The Bertz CT molecular complexity index is 513. The lowest BCUT2D eigenvalue weighted by Crippen LogP contribution is -2.14. The highest BCUT2D eigenvalue weighted by Crippen LogP contribution is 2.30. The maximum Gasteiger partial charge on any atom is 0.163 e. The number of fused-ring (bicyclic) bond motifs is 1. The van der Waals surface area contributed by atoms with Gasteiger partial charge < -0.3 is 5.32 Å². The van der Waals surface area contributed by atoms with Crippen molar-refractivity contribution in [3.05, 3.63) is 12.5 Å². The van der Waals surface area contributed by atoms with Crippen LogP contribution in [0.25, 0.3) is 11.0 Å². The fourth-order valence-corrected chi connectivity index (χ4v) is 2.65. The molecule has 90 valence electrons. The smallest absolute Gasteiger partial charge is 0.163 e. The van der Waals surface area contributed by atoms with Crippen molar-refractivity contribution < 1.29 is 0 Å². The van der Waals surface area contributed by atoms with Crippen LogP contribution in [-0.4, -0.2) is 26.8 Å². The SMILES string of the molecule is CNc1ncnc2c1cnn2C1CCCCC1. The molecule has 0 aliphatic heterocycles. The first-order chi connectivity index (χ1) is 8.40. The van der Waals surface area contributed by atoms with Crippen molar-refractivity contribution in [3.8, 4) is 0 Å². The number of nitrogens with one attached hydrogen (secondary N) is 1. The molecule has 0 aromatic carbocycles. The first kappa shape index (κ1) is 10.5. The molecule has 5 nitrogen and oxygen atoms in total. The van der Waals surface area contributed by atoms with Gasteiger partial charge in [0.2, 0.25) is 0 Å². The molecule has 1 N–H and O–H groups in total. The lowest BCUT2D eigenvalue weighted by atomic mass is 9.96. The molecular formula is C12H17N5. The highest BCUT2D eigenvalue weighted by molar-refractivity contribution is 5.85. The summed E-state index contributed by atoms with van der Waals surface area (Å²) in [6.45, 7) is 0. The van der Waals surface area contributed by atoms with Crippen molar-refractivity contribution in [2.75, 3.05) is 12.4 Å². The summed E-state index contributed by atoms with van der Waals surface area (Å²) >= 11 is 0. The summed E-state index contributed by atoms with van der Waals surface area (Å²) in [6, 6.07) is 0.515. The van der Waals surface area contributed by atoms with E-state index >= 15 is 0 Å². The molecule has 2 heterocycles. The van der Waals surface area contributed by atoms with Crippen molar-refractivity contribution in [1.82, 2.24) is 19.7 Å². The summed E-state index contributed by atoms with van der Waals surface area (Å²) in [5.41, 5.74) is 0.955. The molecule has 1 aliphatic carbocycles. The Labute approximate surface area is 100 Å². The van der Waals surface area contributed by atoms with Gasteiger partial charge in [-0.3, -0.25) is 0 Å². The van der Waals surface area contributed by atoms with E-state index in [0.717, 1.165) is 16.9 Å². The van der Waals surface area contributed by atoms with Crippen LogP contribution in [0.1, 0.15) is 38.1 Å². The molecule has 1 aliphatic rings. The Kier molecular flexibility index (Phi) is 2.66. The molecule has 0 radical (unpaired) electrons. The summed E-state index contributed by atoms with van der Waals surface area (Å²) in [6.07, 6.45) is 9.87. The van der Waals surface area contributed by atoms with E-state index in [1.165, 1.54) is 32.1 Å². The quantitative estimate of drug-likeness (QED) is 0.862. The number of hydrogen-bond donors (Lipinski definition) is 1. The van der Waals surface area contributed by atoms with Crippen LogP contribution in [0, 0.1) is 0 Å². The normalized spacial score (nSPS) is 17.5. The van der Waals surface area contributed by atoms with Gasteiger partial charge in [-0.05, 0) is 12.8 Å². The first-order valence-electron chi connectivity index (χ1n) is 6.26. The zero-order valence-corrected chi connectivity index (χ0v) is 10.1. The number of hydrogen-bond acceptors (Lipinski definition) is 4. The van der Waals surface area contributed by atoms with Gasteiger partial charge in [-0.15, -0.1) is 0 Å². The third kappa shape index (κ3) is 1.75.